The van der Waals surface area contributed by atoms with Gasteiger partial charge in [0.1, 0.15) is 0 Å². The van der Waals surface area contributed by atoms with E-state index in [1.807, 2.05) is 6.92 Å². The largest absolute Gasteiger partial charge is 0.351 e. The molecule has 1 N–H and O–H groups in total. The Labute approximate surface area is 143 Å². The molecule has 7 nitrogen and oxygen atoms in total. The van der Waals surface area contributed by atoms with E-state index >= 15 is 0 Å². The lowest BCUT2D eigenvalue weighted by atomic mass is 9.93. The summed E-state index contributed by atoms with van der Waals surface area (Å²) in [5, 5.41) is 2.69. The number of hydrogen-bond acceptors (Lipinski definition) is 5. The maximum absolute atomic E-state index is 12.1. The fraction of sp³-hybridized carbons (Fsp3) is 0.688. The summed E-state index contributed by atoms with van der Waals surface area (Å²) >= 11 is 0. The average Bonchev–Trinajstić information content (AvgIpc) is 2.54. The van der Waals surface area contributed by atoms with Gasteiger partial charge in [0.2, 0.25) is 15.9 Å². The molecule has 1 saturated heterocycles. The van der Waals surface area contributed by atoms with Crippen molar-refractivity contribution >= 4 is 15.9 Å². The molecule has 0 radical (unpaired) electrons. The Morgan fingerprint density at radius 2 is 1.88 bits per heavy atom. The molecule has 1 aliphatic rings. The second-order valence-corrected chi connectivity index (χ2v) is 8.36. The zero-order valence-corrected chi connectivity index (χ0v) is 15.2. The number of rotatable bonds is 7. The second kappa shape index (κ2) is 8.53. The Bertz CT molecular complexity index is 638. The fourth-order valence-corrected chi connectivity index (χ4v) is 4.41. The molecule has 1 amide bonds. The Morgan fingerprint density at radius 3 is 2.42 bits per heavy atom. The van der Waals surface area contributed by atoms with Gasteiger partial charge in [0, 0.05) is 26.2 Å². The van der Waals surface area contributed by atoms with Gasteiger partial charge >= 0.3 is 0 Å². The monoisotopic (exact) mass is 354 g/mol. The first kappa shape index (κ1) is 18.8. The highest BCUT2D eigenvalue weighted by atomic mass is 32.2. The molecule has 1 fully saturated rings. The maximum atomic E-state index is 12.1. The molecular weight excluding hydrogens is 328 g/mol. The number of aromatic nitrogens is 2. The first-order chi connectivity index (χ1) is 11.4. The number of nitrogens with one attached hydrogen (secondary N) is 1. The molecule has 134 valence electrons. The van der Waals surface area contributed by atoms with E-state index in [4.69, 9.17) is 0 Å². The first-order valence-corrected chi connectivity index (χ1v) is 10.0. The molecule has 24 heavy (non-hydrogen) atoms. The van der Waals surface area contributed by atoms with Crippen molar-refractivity contribution in [3.8, 4) is 0 Å². The molecule has 0 bridgehead atoms. The number of amides is 1. The standard InChI is InChI=1S/C16H26N4O3S/c1-3-8-24(22,23)20-6-4-14(5-7-20)9-15-10-19-16(12-18-15)11-17-13(2)21/h10,12,14H,3-9,11H2,1-2H3,(H,17,21). The predicted molar refractivity (Wildman–Crippen MR) is 91.6 cm³/mol. The van der Waals surface area contributed by atoms with Gasteiger partial charge in [-0.2, -0.15) is 0 Å². The molecule has 0 saturated carbocycles. The van der Waals surface area contributed by atoms with E-state index < -0.39 is 10.0 Å². The lowest BCUT2D eigenvalue weighted by Crippen LogP contribution is -2.40. The molecule has 1 aromatic heterocycles. The second-order valence-electron chi connectivity index (χ2n) is 6.27. The smallest absolute Gasteiger partial charge is 0.217 e. The zero-order chi connectivity index (χ0) is 17.6. The summed E-state index contributed by atoms with van der Waals surface area (Å²) in [6.07, 6.45) is 6.62. The molecule has 0 aliphatic carbocycles. The van der Waals surface area contributed by atoms with Crippen molar-refractivity contribution in [3.05, 3.63) is 23.8 Å². The predicted octanol–water partition coefficient (Wildman–Crippen LogP) is 1.11. The van der Waals surface area contributed by atoms with Crippen LogP contribution in [0.4, 0.5) is 0 Å². The minimum Gasteiger partial charge on any atom is -0.351 e. The van der Waals surface area contributed by atoms with Crippen LogP contribution in [0.2, 0.25) is 0 Å². The van der Waals surface area contributed by atoms with Crippen LogP contribution in [0, 0.1) is 5.92 Å². The van der Waals surface area contributed by atoms with Gasteiger partial charge in [-0.1, -0.05) is 6.92 Å². The van der Waals surface area contributed by atoms with Crippen molar-refractivity contribution in [2.45, 2.75) is 46.1 Å². The normalized spacial score (nSPS) is 16.9. The number of carbonyl (C=O) groups is 1. The number of nitrogens with zero attached hydrogens (tertiary/aromatic N) is 3. The van der Waals surface area contributed by atoms with Crippen LogP contribution in [0.15, 0.2) is 12.4 Å². The van der Waals surface area contributed by atoms with Gasteiger partial charge in [-0.3, -0.25) is 14.8 Å². The SMILES string of the molecule is CCCS(=O)(=O)N1CCC(Cc2cnc(CNC(C)=O)cn2)CC1. The molecule has 1 aliphatic heterocycles. The van der Waals surface area contributed by atoms with Gasteiger partial charge in [-0.25, -0.2) is 12.7 Å². The summed E-state index contributed by atoms with van der Waals surface area (Å²) in [4.78, 5) is 19.6. The lowest BCUT2D eigenvalue weighted by molar-refractivity contribution is -0.119. The fourth-order valence-electron chi connectivity index (χ4n) is 2.87. The summed E-state index contributed by atoms with van der Waals surface area (Å²) in [5.74, 6) is 0.582. The number of sulfonamides is 1. The number of piperidine rings is 1. The highest BCUT2D eigenvalue weighted by Crippen LogP contribution is 2.23. The summed E-state index contributed by atoms with van der Waals surface area (Å²) in [6.45, 7) is 4.94. The van der Waals surface area contributed by atoms with Crippen LogP contribution in [-0.2, 0) is 27.8 Å². The third-order valence-corrected chi connectivity index (χ3v) is 6.28. The van der Waals surface area contributed by atoms with Crippen molar-refractivity contribution in [2.75, 3.05) is 18.8 Å². The molecule has 8 heteroatoms. The first-order valence-electron chi connectivity index (χ1n) is 8.42. The summed E-state index contributed by atoms with van der Waals surface area (Å²) in [6, 6.07) is 0. The van der Waals surface area contributed by atoms with Crippen LogP contribution in [0.1, 0.15) is 44.5 Å². The van der Waals surface area contributed by atoms with Crippen molar-refractivity contribution in [2.24, 2.45) is 5.92 Å². The van der Waals surface area contributed by atoms with E-state index in [0.29, 0.717) is 32.0 Å². The van der Waals surface area contributed by atoms with Crippen molar-refractivity contribution in [3.63, 3.8) is 0 Å². The van der Waals surface area contributed by atoms with Crippen LogP contribution >= 0.6 is 0 Å². The van der Waals surface area contributed by atoms with Crippen LogP contribution in [-0.4, -0.2) is 47.4 Å². The Hall–Kier alpha value is -1.54. The molecule has 2 heterocycles. The highest BCUT2D eigenvalue weighted by Gasteiger charge is 2.27. The third kappa shape index (κ3) is 5.52. The Kier molecular flexibility index (Phi) is 6.68. The van der Waals surface area contributed by atoms with Gasteiger partial charge in [0.15, 0.2) is 0 Å². The quantitative estimate of drug-likeness (QED) is 0.792. The van der Waals surface area contributed by atoms with E-state index in [1.54, 1.807) is 16.7 Å². The van der Waals surface area contributed by atoms with E-state index in [1.165, 1.54) is 6.92 Å². The molecule has 0 spiro atoms. The topological polar surface area (TPSA) is 92.3 Å². The van der Waals surface area contributed by atoms with E-state index in [2.05, 4.69) is 15.3 Å². The number of carbonyl (C=O) groups excluding carboxylic acids is 1. The minimum atomic E-state index is -3.08. The summed E-state index contributed by atoms with van der Waals surface area (Å²) in [7, 11) is -3.08. The number of hydrogen-bond donors (Lipinski definition) is 1. The zero-order valence-electron chi connectivity index (χ0n) is 14.4. The molecule has 0 unspecified atom stereocenters. The van der Waals surface area contributed by atoms with E-state index in [9.17, 15) is 13.2 Å². The van der Waals surface area contributed by atoms with Gasteiger partial charge in [0.05, 0.1) is 29.9 Å². The average molecular weight is 354 g/mol. The molecule has 0 atom stereocenters. The Morgan fingerprint density at radius 1 is 1.25 bits per heavy atom. The van der Waals surface area contributed by atoms with E-state index in [-0.39, 0.29) is 11.7 Å². The van der Waals surface area contributed by atoms with Gasteiger partial charge in [0.25, 0.3) is 0 Å². The summed E-state index contributed by atoms with van der Waals surface area (Å²) in [5.41, 5.74) is 1.64. The molecular formula is C16H26N4O3S. The van der Waals surface area contributed by atoms with Crippen LogP contribution < -0.4 is 5.32 Å². The van der Waals surface area contributed by atoms with E-state index in [0.717, 1.165) is 30.7 Å². The highest BCUT2D eigenvalue weighted by molar-refractivity contribution is 7.89. The van der Waals surface area contributed by atoms with Crippen LogP contribution in [0.3, 0.4) is 0 Å². The third-order valence-electron chi connectivity index (χ3n) is 4.20. The molecule has 0 aromatic carbocycles. The van der Waals surface area contributed by atoms with Gasteiger partial charge in [-0.15, -0.1) is 0 Å². The van der Waals surface area contributed by atoms with Crippen LogP contribution in [0.5, 0.6) is 0 Å². The van der Waals surface area contributed by atoms with Gasteiger partial charge in [-0.05, 0) is 31.6 Å². The van der Waals surface area contributed by atoms with Crippen molar-refractivity contribution < 1.29 is 13.2 Å². The van der Waals surface area contributed by atoms with Crippen LogP contribution in [0.25, 0.3) is 0 Å². The molecule has 1 aromatic rings. The minimum absolute atomic E-state index is 0.0920. The van der Waals surface area contributed by atoms with Crippen molar-refractivity contribution in [1.82, 2.24) is 19.6 Å². The van der Waals surface area contributed by atoms with Crippen molar-refractivity contribution in [1.29, 1.82) is 0 Å². The van der Waals surface area contributed by atoms with Gasteiger partial charge < -0.3 is 5.32 Å². The maximum Gasteiger partial charge on any atom is 0.217 e. The summed E-state index contributed by atoms with van der Waals surface area (Å²) < 4.78 is 25.8. The lowest BCUT2D eigenvalue weighted by Gasteiger charge is -2.31. The Balaban J connectivity index is 1.82. The molecule has 2 rings (SSSR count).